The molecule has 4 heterocycles. The van der Waals surface area contributed by atoms with Crippen molar-refractivity contribution in [3.8, 4) is 67.1 Å². The highest BCUT2D eigenvalue weighted by molar-refractivity contribution is 6.06. The molecule has 0 bridgehead atoms. The maximum atomic E-state index is 6.20. The SMILES string of the molecule is c1cncc(-c2cc(-c3cccnc3)cc(-c3ccc4c(c3)OCOc3ccc(-c5ccc6c(c5)oc5ccccc56)cc3-4)c2)c1. The molecule has 3 aromatic heterocycles. The van der Waals surface area contributed by atoms with Crippen LogP contribution >= 0.6 is 0 Å². The standard InChI is InChI=1S/C41H26N2O3/c1-2-8-39-34(7-1)35-12-9-27(22-41(35)46-39)26-11-14-38-37(20-26)36-13-10-28(21-40(36)45-25-44-38)31-17-32(29-5-3-15-42-23-29)19-33(18-31)30-6-4-16-43-24-30/h1-24H,25H2. The molecule has 0 unspecified atom stereocenters. The molecule has 0 radical (unpaired) electrons. The number of ether oxygens (including phenoxy) is 2. The van der Waals surface area contributed by atoms with E-state index in [0.29, 0.717) is 0 Å². The molecule has 0 saturated heterocycles. The predicted octanol–water partition coefficient (Wildman–Crippen LogP) is 10.4. The summed E-state index contributed by atoms with van der Waals surface area (Å²) in [4.78, 5) is 8.71. The highest BCUT2D eigenvalue weighted by atomic mass is 16.7. The highest BCUT2D eigenvalue weighted by Gasteiger charge is 2.19. The van der Waals surface area contributed by atoms with Crippen molar-refractivity contribution < 1.29 is 13.9 Å². The van der Waals surface area contributed by atoms with Crippen molar-refractivity contribution in [1.82, 2.24) is 9.97 Å². The van der Waals surface area contributed by atoms with Crippen LogP contribution < -0.4 is 9.47 Å². The first-order valence-corrected chi connectivity index (χ1v) is 15.2. The van der Waals surface area contributed by atoms with Crippen LogP contribution in [0.2, 0.25) is 0 Å². The second kappa shape index (κ2) is 10.8. The van der Waals surface area contributed by atoms with E-state index in [9.17, 15) is 0 Å². The van der Waals surface area contributed by atoms with Crippen LogP contribution in [-0.2, 0) is 0 Å². The van der Waals surface area contributed by atoms with E-state index >= 15 is 0 Å². The lowest BCUT2D eigenvalue weighted by Gasteiger charge is -2.14. The first-order valence-electron chi connectivity index (χ1n) is 15.2. The number of hydrogen-bond donors (Lipinski definition) is 0. The van der Waals surface area contributed by atoms with E-state index in [1.165, 1.54) is 0 Å². The van der Waals surface area contributed by atoms with Gasteiger partial charge in [0.15, 0.2) is 0 Å². The highest BCUT2D eigenvalue weighted by Crippen LogP contribution is 2.44. The molecule has 1 aliphatic rings. The van der Waals surface area contributed by atoms with Gasteiger partial charge in [-0.05, 0) is 106 Å². The second-order valence-electron chi connectivity index (χ2n) is 11.4. The van der Waals surface area contributed by atoms with Gasteiger partial charge in [0.1, 0.15) is 22.7 Å². The summed E-state index contributed by atoms with van der Waals surface area (Å²) in [6.07, 6.45) is 7.37. The third kappa shape index (κ3) is 4.57. The van der Waals surface area contributed by atoms with Gasteiger partial charge in [-0.1, -0.05) is 48.5 Å². The fourth-order valence-electron chi connectivity index (χ4n) is 6.35. The van der Waals surface area contributed by atoms with Crippen LogP contribution in [0.3, 0.4) is 0 Å². The third-order valence-electron chi connectivity index (χ3n) is 8.65. The minimum Gasteiger partial charge on any atom is -0.457 e. The van der Waals surface area contributed by atoms with E-state index in [2.05, 4.69) is 94.9 Å². The van der Waals surface area contributed by atoms with Crippen LogP contribution in [0.4, 0.5) is 0 Å². The average Bonchev–Trinajstić information content (AvgIpc) is 3.40. The van der Waals surface area contributed by atoms with Gasteiger partial charge in [-0.3, -0.25) is 9.97 Å². The molecule has 5 aromatic carbocycles. The number of benzene rings is 5. The molecule has 1 aliphatic heterocycles. The molecule has 8 aromatic rings. The van der Waals surface area contributed by atoms with Crippen molar-refractivity contribution in [3.05, 3.63) is 146 Å². The summed E-state index contributed by atoms with van der Waals surface area (Å²) in [5.41, 5.74) is 12.3. The lowest BCUT2D eigenvalue weighted by molar-refractivity contribution is 0.125. The average molecular weight is 595 g/mol. The normalized spacial score (nSPS) is 12.2. The zero-order chi connectivity index (χ0) is 30.5. The van der Waals surface area contributed by atoms with Gasteiger partial charge in [0, 0.05) is 57.8 Å². The van der Waals surface area contributed by atoms with Crippen LogP contribution in [0.15, 0.2) is 151 Å². The zero-order valence-electron chi connectivity index (χ0n) is 24.7. The molecule has 0 amide bonds. The number of nitrogens with zero attached hydrogens (tertiary/aromatic N) is 2. The van der Waals surface area contributed by atoms with Crippen molar-refractivity contribution in [2.24, 2.45) is 0 Å². The predicted molar refractivity (Wildman–Crippen MR) is 183 cm³/mol. The van der Waals surface area contributed by atoms with Gasteiger partial charge < -0.3 is 13.9 Å². The monoisotopic (exact) mass is 594 g/mol. The van der Waals surface area contributed by atoms with Crippen molar-refractivity contribution in [1.29, 1.82) is 0 Å². The van der Waals surface area contributed by atoms with E-state index in [0.717, 1.165) is 89.1 Å². The molecule has 5 heteroatoms. The fourth-order valence-corrected chi connectivity index (χ4v) is 6.35. The quantitative estimate of drug-likeness (QED) is 0.203. The van der Waals surface area contributed by atoms with Crippen molar-refractivity contribution in [2.45, 2.75) is 0 Å². The molecule has 46 heavy (non-hydrogen) atoms. The lowest BCUT2D eigenvalue weighted by Crippen LogP contribution is -2.03. The van der Waals surface area contributed by atoms with Gasteiger partial charge in [-0.2, -0.15) is 0 Å². The van der Waals surface area contributed by atoms with Gasteiger partial charge in [0.05, 0.1) is 0 Å². The first-order chi connectivity index (χ1) is 22.8. The molecule has 5 nitrogen and oxygen atoms in total. The summed E-state index contributed by atoms with van der Waals surface area (Å²) in [5, 5.41) is 2.24. The van der Waals surface area contributed by atoms with Crippen molar-refractivity contribution in [2.75, 3.05) is 6.79 Å². The second-order valence-corrected chi connectivity index (χ2v) is 11.4. The topological polar surface area (TPSA) is 57.4 Å². The van der Waals surface area contributed by atoms with Gasteiger partial charge >= 0.3 is 0 Å². The molecule has 0 aliphatic carbocycles. The van der Waals surface area contributed by atoms with Gasteiger partial charge in [-0.25, -0.2) is 0 Å². The van der Waals surface area contributed by atoms with Crippen LogP contribution in [0.25, 0.3) is 77.6 Å². The summed E-state index contributed by atoms with van der Waals surface area (Å²) in [6, 6.07) is 41.9. The van der Waals surface area contributed by atoms with Crippen molar-refractivity contribution in [3.63, 3.8) is 0 Å². The zero-order valence-corrected chi connectivity index (χ0v) is 24.7. The minimum atomic E-state index is 0.129. The van der Waals surface area contributed by atoms with Gasteiger partial charge in [-0.15, -0.1) is 0 Å². The number of pyridine rings is 2. The summed E-state index contributed by atoms with van der Waals surface area (Å²) < 4.78 is 18.5. The minimum absolute atomic E-state index is 0.129. The molecular formula is C41H26N2O3. The maximum absolute atomic E-state index is 6.20. The Balaban J connectivity index is 1.13. The smallest absolute Gasteiger partial charge is 0.230 e. The molecule has 0 spiro atoms. The maximum Gasteiger partial charge on any atom is 0.230 e. The Labute approximate surface area is 265 Å². The Morgan fingerprint density at radius 2 is 1.04 bits per heavy atom. The molecule has 0 saturated carbocycles. The number of furan rings is 1. The Morgan fingerprint density at radius 3 is 1.80 bits per heavy atom. The number of aromatic nitrogens is 2. The summed E-state index contributed by atoms with van der Waals surface area (Å²) in [7, 11) is 0. The molecule has 218 valence electrons. The lowest BCUT2D eigenvalue weighted by atomic mass is 9.92. The summed E-state index contributed by atoms with van der Waals surface area (Å²) in [6.45, 7) is 0.129. The first kappa shape index (κ1) is 26.2. The number of rotatable bonds is 4. The Kier molecular flexibility index (Phi) is 6.13. The van der Waals surface area contributed by atoms with Crippen LogP contribution in [0, 0.1) is 0 Å². The molecule has 0 atom stereocenters. The summed E-state index contributed by atoms with van der Waals surface area (Å²) in [5.74, 6) is 1.56. The van der Waals surface area contributed by atoms with E-state index in [-0.39, 0.29) is 6.79 Å². The van der Waals surface area contributed by atoms with E-state index < -0.39 is 0 Å². The van der Waals surface area contributed by atoms with Gasteiger partial charge in [0.25, 0.3) is 0 Å². The summed E-state index contributed by atoms with van der Waals surface area (Å²) >= 11 is 0. The Morgan fingerprint density at radius 1 is 0.413 bits per heavy atom. The fraction of sp³-hybridized carbons (Fsp3) is 0.0244. The Hall–Kier alpha value is -6.20. The molecular weight excluding hydrogens is 568 g/mol. The van der Waals surface area contributed by atoms with Crippen LogP contribution in [0.5, 0.6) is 11.5 Å². The number of fused-ring (bicyclic) bond motifs is 6. The van der Waals surface area contributed by atoms with Gasteiger partial charge in [0.2, 0.25) is 6.79 Å². The van der Waals surface area contributed by atoms with E-state index in [1.54, 1.807) is 12.4 Å². The molecule has 9 rings (SSSR count). The third-order valence-corrected chi connectivity index (χ3v) is 8.65. The molecule has 0 N–H and O–H groups in total. The number of hydrogen-bond acceptors (Lipinski definition) is 5. The van der Waals surface area contributed by atoms with Crippen LogP contribution in [0.1, 0.15) is 0 Å². The van der Waals surface area contributed by atoms with Crippen molar-refractivity contribution >= 4 is 21.9 Å². The van der Waals surface area contributed by atoms with E-state index in [4.69, 9.17) is 13.9 Å². The largest absolute Gasteiger partial charge is 0.457 e. The number of para-hydroxylation sites is 1. The van der Waals surface area contributed by atoms with E-state index in [1.807, 2.05) is 48.8 Å². The Bertz CT molecular complexity index is 2340. The van der Waals surface area contributed by atoms with Crippen LogP contribution in [-0.4, -0.2) is 16.8 Å². The molecule has 0 fully saturated rings.